The molecule has 0 aliphatic heterocycles. The summed E-state index contributed by atoms with van der Waals surface area (Å²) in [5.74, 6) is 0.793. The maximum Gasteiger partial charge on any atom is 0.00343 e. The van der Waals surface area contributed by atoms with E-state index in [1.807, 2.05) is 0 Å². The number of hydrogen-bond acceptors (Lipinski definition) is 1. The van der Waals surface area contributed by atoms with Crippen LogP contribution in [0.2, 0.25) is 0 Å². The van der Waals surface area contributed by atoms with Crippen molar-refractivity contribution >= 4 is 15.9 Å². The predicted molar refractivity (Wildman–Crippen MR) is 50.7 cm³/mol. The lowest BCUT2D eigenvalue weighted by molar-refractivity contribution is 0.471. The van der Waals surface area contributed by atoms with Crippen LogP contribution < -0.4 is 5.32 Å². The zero-order valence-electron chi connectivity index (χ0n) is 7.15. The molecule has 0 aromatic heterocycles. The fourth-order valence-corrected chi connectivity index (χ4v) is 1.51. The quantitative estimate of drug-likeness (QED) is 0.684. The second-order valence-electron chi connectivity index (χ2n) is 3.15. The van der Waals surface area contributed by atoms with E-state index in [1.165, 1.54) is 6.42 Å². The average Bonchev–Trinajstić information content (AvgIpc) is 1.85. The van der Waals surface area contributed by atoms with Crippen molar-refractivity contribution in [2.24, 2.45) is 5.92 Å². The highest BCUT2D eigenvalue weighted by atomic mass is 79.9. The van der Waals surface area contributed by atoms with Gasteiger partial charge in [-0.1, -0.05) is 36.7 Å². The highest BCUT2D eigenvalue weighted by Gasteiger charge is 2.00. The van der Waals surface area contributed by atoms with Crippen LogP contribution in [0, 0.1) is 5.92 Å². The first-order valence-corrected chi connectivity index (χ1v) is 5.08. The maximum absolute atomic E-state index is 3.43. The Bertz CT molecular complexity index is 73.7. The molecule has 0 aliphatic carbocycles. The Hall–Kier alpha value is 0.440. The smallest absolute Gasteiger partial charge is 0.00343 e. The Morgan fingerprint density at radius 1 is 1.30 bits per heavy atom. The van der Waals surface area contributed by atoms with Crippen LogP contribution >= 0.6 is 15.9 Å². The van der Waals surface area contributed by atoms with E-state index in [0.717, 1.165) is 17.8 Å². The second kappa shape index (κ2) is 6.17. The molecule has 62 valence electrons. The van der Waals surface area contributed by atoms with E-state index >= 15 is 0 Å². The molecule has 0 saturated heterocycles. The molecule has 1 nitrogen and oxygen atoms in total. The predicted octanol–water partition coefficient (Wildman–Crippen LogP) is 2.41. The summed E-state index contributed by atoms with van der Waals surface area (Å²) >= 11 is 3.43. The van der Waals surface area contributed by atoms with Gasteiger partial charge in [-0.2, -0.15) is 0 Å². The molecule has 0 saturated carbocycles. The van der Waals surface area contributed by atoms with Gasteiger partial charge >= 0.3 is 0 Å². The largest absolute Gasteiger partial charge is 0.314 e. The van der Waals surface area contributed by atoms with Gasteiger partial charge < -0.3 is 5.32 Å². The van der Waals surface area contributed by atoms with Crippen molar-refractivity contribution in [2.75, 3.05) is 11.9 Å². The first-order valence-electron chi connectivity index (χ1n) is 3.96. The monoisotopic (exact) mass is 207 g/mol. The van der Waals surface area contributed by atoms with E-state index in [1.54, 1.807) is 0 Å². The molecule has 0 rings (SSSR count). The summed E-state index contributed by atoms with van der Waals surface area (Å²) in [4.78, 5) is 0. The van der Waals surface area contributed by atoms with Crippen molar-refractivity contribution in [3.8, 4) is 0 Å². The molecule has 1 N–H and O–H groups in total. The van der Waals surface area contributed by atoms with Crippen LogP contribution in [0.5, 0.6) is 0 Å². The second-order valence-corrected chi connectivity index (χ2v) is 3.94. The molecule has 1 atom stereocenters. The van der Waals surface area contributed by atoms with Crippen LogP contribution in [-0.4, -0.2) is 17.9 Å². The Kier molecular flexibility index (Phi) is 6.44. The molecule has 10 heavy (non-hydrogen) atoms. The van der Waals surface area contributed by atoms with Gasteiger partial charge in [-0.05, 0) is 18.9 Å². The van der Waals surface area contributed by atoms with Crippen molar-refractivity contribution in [1.29, 1.82) is 0 Å². The normalized spacial score (nSPS) is 14.1. The molecule has 0 unspecified atom stereocenters. The zero-order valence-corrected chi connectivity index (χ0v) is 8.74. The molecule has 0 bridgehead atoms. The standard InChI is InChI=1S/C8H18BrN/c1-7(2)10-6-8(3)4-5-9/h7-8,10H,4-6H2,1-3H3/t8-/m0/s1. The van der Waals surface area contributed by atoms with Gasteiger partial charge in [0.25, 0.3) is 0 Å². The van der Waals surface area contributed by atoms with Gasteiger partial charge in [0, 0.05) is 11.4 Å². The minimum absolute atomic E-state index is 0.623. The van der Waals surface area contributed by atoms with Crippen LogP contribution in [0.1, 0.15) is 27.2 Å². The summed E-state index contributed by atoms with van der Waals surface area (Å²) < 4.78 is 0. The summed E-state index contributed by atoms with van der Waals surface area (Å²) in [5, 5.41) is 4.53. The molecular weight excluding hydrogens is 190 g/mol. The third-order valence-electron chi connectivity index (χ3n) is 1.48. The highest BCUT2D eigenvalue weighted by Crippen LogP contribution is 2.02. The van der Waals surface area contributed by atoms with Crippen molar-refractivity contribution in [2.45, 2.75) is 33.2 Å². The van der Waals surface area contributed by atoms with Crippen LogP contribution in [0.3, 0.4) is 0 Å². The van der Waals surface area contributed by atoms with Crippen molar-refractivity contribution in [3.63, 3.8) is 0 Å². The molecule has 0 fully saturated rings. The Morgan fingerprint density at radius 3 is 2.30 bits per heavy atom. The molecule has 0 amide bonds. The molecule has 2 heteroatoms. The molecule has 0 spiro atoms. The minimum atomic E-state index is 0.623. The van der Waals surface area contributed by atoms with Gasteiger partial charge in [-0.3, -0.25) is 0 Å². The first-order chi connectivity index (χ1) is 4.66. The van der Waals surface area contributed by atoms with Gasteiger partial charge in [0.15, 0.2) is 0 Å². The maximum atomic E-state index is 3.43. The van der Waals surface area contributed by atoms with E-state index < -0.39 is 0 Å². The molecular formula is C8H18BrN. The van der Waals surface area contributed by atoms with Crippen LogP contribution in [-0.2, 0) is 0 Å². The van der Waals surface area contributed by atoms with Crippen LogP contribution in [0.4, 0.5) is 0 Å². The van der Waals surface area contributed by atoms with Gasteiger partial charge in [0.1, 0.15) is 0 Å². The Balaban J connectivity index is 3.12. The molecule has 0 aromatic carbocycles. The fraction of sp³-hybridized carbons (Fsp3) is 1.00. The molecule has 0 aliphatic rings. The fourth-order valence-electron chi connectivity index (χ4n) is 0.725. The van der Waals surface area contributed by atoms with Crippen molar-refractivity contribution < 1.29 is 0 Å². The van der Waals surface area contributed by atoms with E-state index in [-0.39, 0.29) is 0 Å². The SMILES string of the molecule is CC(C)NC[C@@H](C)CCBr. The summed E-state index contributed by atoms with van der Waals surface area (Å²) in [6, 6.07) is 0.623. The summed E-state index contributed by atoms with van der Waals surface area (Å²) in [6.07, 6.45) is 1.26. The summed E-state index contributed by atoms with van der Waals surface area (Å²) in [7, 11) is 0. The van der Waals surface area contributed by atoms with E-state index in [0.29, 0.717) is 6.04 Å². The lowest BCUT2D eigenvalue weighted by Gasteiger charge is -2.12. The molecule has 0 heterocycles. The highest BCUT2D eigenvalue weighted by molar-refractivity contribution is 9.09. The number of rotatable bonds is 5. The lowest BCUT2D eigenvalue weighted by Crippen LogP contribution is -2.27. The number of halogens is 1. The van der Waals surface area contributed by atoms with E-state index in [2.05, 4.69) is 42.0 Å². The molecule has 0 aromatic rings. The van der Waals surface area contributed by atoms with E-state index in [4.69, 9.17) is 0 Å². The van der Waals surface area contributed by atoms with Gasteiger partial charge in [0.2, 0.25) is 0 Å². The minimum Gasteiger partial charge on any atom is -0.314 e. The number of alkyl halides is 1. The third kappa shape index (κ3) is 6.56. The summed E-state index contributed by atoms with van der Waals surface area (Å²) in [6.45, 7) is 7.78. The third-order valence-corrected chi connectivity index (χ3v) is 1.93. The lowest BCUT2D eigenvalue weighted by atomic mass is 10.1. The van der Waals surface area contributed by atoms with Gasteiger partial charge in [-0.15, -0.1) is 0 Å². The van der Waals surface area contributed by atoms with Gasteiger partial charge in [0.05, 0.1) is 0 Å². The van der Waals surface area contributed by atoms with Crippen molar-refractivity contribution in [1.82, 2.24) is 5.32 Å². The van der Waals surface area contributed by atoms with Crippen LogP contribution in [0.15, 0.2) is 0 Å². The Morgan fingerprint density at radius 2 is 1.90 bits per heavy atom. The number of nitrogens with one attached hydrogen (secondary N) is 1. The summed E-state index contributed by atoms with van der Waals surface area (Å²) in [5.41, 5.74) is 0. The zero-order chi connectivity index (χ0) is 7.98. The molecule has 0 radical (unpaired) electrons. The van der Waals surface area contributed by atoms with Gasteiger partial charge in [-0.25, -0.2) is 0 Å². The number of hydrogen-bond donors (Lipinski definition) is 1. The topological polar surface area (TPSA) is 12.0 Å². The van der Waals surface area contributed by atoms with E-state index in [9.17, 15) is 0 Å². The Labute approximate surface area is 72.7 Å². The average molecular weight is 208 g/mol. The first kappa shape index (κ1) is 10.4. The van der Waals surface area contributed by atoms with Crippen molar-refractivity contribution in [3.05, 3.63) is 0 Å². The van der Waals surface area contributed by atoms with Crippen LogP contribution in [0.25, 0.3) is 0 Å².